The Labute approximate surface area is 145 Å². The van der Waals surface area contributed by atoms with Crippen LogP contribution in [0.15, 0.2) is 24.3 Å². The number of nitrogens with zero attached hydrogens (tertiary/aromatic N) is 1. The van der Waals surface area contributed by atoms with Crippen molar-refractivity contribution in [2.24, 2.45) is 0 Å². The molecule has 0 aliphatic heterocycles. The Morgan fingerprint density at radius 2 is 1.73 bits per heavy atom. The molecule has 1 aromatic rings. The normalized spacial score (nSPS) is 9.77. The van der Waals surface area contributed by atoms with Gasteiger partial charge in [-0.3, -0.25) is 4.79 Å². The molecule has 0 fully saturated rings. The van der Waals surface area contributed by atoms with Crippen LogP contribution in [0.4, 0.5) is 5.69 Å². The second-order valence-electron chi connectivity index (χ2n) is 4.52. The average Bonchev–Trinajstić information content (AvgIpc) is 2.47. The molecule has 1 amide bonds. The third kappa shape index (κ3) is 9.10. The van der Waals surface area contributed by atoms with Gasteiger partial charge in [-0.2, -0.15) is 0 Å². The van der Waals surface area contributed by atoms with Crippen LogP contribution < -0.4 is 11.1 Å². The fourth-order valence-corrected chi connectivity index (χ4v) is 1.81. The number of nitrogen functional groups attached to an aromatic ring is 1. The third-order valence-corrected chi connectivity index (χ3v) is 3.15. The molecule has 22 heavy (non-hydrogen) atoms. The molecule has 0 saturated heterocycles. The van der Waals surface area contributed by atoms with Gasteiger partial charge in [0.15, 0.2) is 0 Å². The number of carbonyl (C=O) groups excluding carboxylic acids is 1. The number of nitrogens with one attached hydrogen (secondary N) is 1. The van der Waals surface area contributed by atoms with Gasteiger partial charge in [-0.05, 0) is 37.4 Å². The van der Waals surface area contributed by atoms with Crippen LogP contribution in [0.25, 0.3) is 0 Å². The van der Waals surface area contributed by atoms with Crippen LogP contribution in [0, 0.1) is 0 Å². The maximum absolute atomic E-state index is 11.8. The molecule has 1 aromatic carbocycles. The molecule has 128 valence electrons. The highest BCUT2D eigenvalue weighted by molar-refractivity contribution is 5.94. The first-order valence-electron chi connectivity index (χ1n) is 7.11. The standard InChI is InChI=1S/C15H25N3O2.2ClH/c1-3-18(4-2)10-12-20-11-9-17-15(19)13-5-7-14(16)8-6-13;;/h5-8H,3-4,9-12,16H2,1-2H3,(H,17,19);2*1H. The third-order valence-electron chi connectivity index (χ3n) is 3.15. The molecule has 0 aromatic heterocycles. The second-order valence-corrected chi connectivity index (χ2v) is 4.52. The molecule has 5 nitrogen and oxygen atoms in total. The molecule has 0 atom stereocenters. The Morgan fingerprint density at radius 1 is 1.14 bits per heavy atom. The van der Waals surface area contributed by atoms with Crippen molar-refractivity contribution >= 4 is 36.4 Å². The van der Waals surface area contributed by atoms with E-state index in [-0.39, 0.29) is 30.7 Å². The summed E-state index contributed by atoms with van der Waals surface area (Å²) >= 11 is 0. The van der Waals surface area contributed by atoms with Gasteiger partial charge in [-0.1, -0.05) is 13.8 Å². The summed E-state index contributed by atoms with van der Waals surface area (Å²) in [7, 11) is 0. The van der Waals surface area contributed by atoms with E-state index in [9.17, 15) is 4.79 Å². The van der Waals surface area contributed by atoms with Crippen molar-refractivity contribution in [1.82, 2.24) is 10.2 Å². The van der Waals surface area contributed by atoms with Gasteiger partial charge in [0.1, 0.15) is 0 Å². The molecule has 1 rings (SSSR count). The minimum atomic E-state index is -0.0997. The van der Waals surface area contributed by atoms with Gasteiger partial charge in [0.05, 0.1) is 13.2 Å². The van der Waals surface area contributed by atoms with Crippen molar-refractivity contribution in [2.45, 2.75) is 13.8 Å². The van der Waals surface area contributed by atoms with Gasteiger partial charge in [0.2, 0.25) is 0 Å². The molecule has 0 heterocycles. The Balaban J connectivity index is 0. The molecule has 0 aliphatic rings. The van der Waals surface area contributed by atoms with Crippen LogP contribution in [-0.2, 0) is 4.74 Å². The summed E-state index contributed by atoms with van der Waals surface area (Å²) < 4.78 is 5.50. The lowest BCUT2D eigenvalue weighted by atomic mass is 10.2. The van der Waals surface area contributed by atoms with E-state index in [2.05, 4.69) is 24.1 Å². The van der Waals surface area contributed by atoms with Crippen molar-refractivity contribution in [2.75, 3.05) is 45.1 Å². The molecule has 0 aliphatic carbocycles. The minimum absolute atomic E-state index is 0. The number of likely N-dealkylation sites (N-methyl/N-ethyl adjacent to an activating group) is 1. The van der Waals surface area contributed by atoms with Crippen molar-refractivity contribution < 1.29 is 9.53 Å². The van der Waals surface area contributed by atoms with Gasteiger partial charge in [-0.25, -0.2) is 0 Å². The molecular weight excluding hydrogens is 325 g/mol. The van der Waals surface area contributed by atoms with E-state index in [0.29, 0.717) is 31.0 Å². The lowest BCUT2D eigenvalue weighted by Crippen LogP contribution is -2.30. The van der Waals surface area contributed by atoms with Crippen LogP contribution in [0.2, 0.25) is 0 Å². The van der Waals surface area contributed by atoms with Gasteiger partial charge in [0, 0.05) is 24.3 Å². The topological polar surface area (TPSA) is 67.6 Å². The molecule has 0 unspecified atom stereocenters. The van der Waals surface area contributed by atoms with Crippen molar-refractivity contribution in [1.29, 1.82) is 0 Å². The van der Waals surface area contributed by atoms with E-state index in [1.54, 1.807) is 24.3 Å². The number of hydrogen-bond acceptors (Lipinski definition) is 4. The molecule has 0 spiro atoms. The smallest absolute Gasteiger partial charge is 0.251 e. The summed E-state index contributed by atoms with van der Waals surface area (Å²) in [5.41, 5.74) is 6.84. The van der Waals surface area contributed by atoms with Crippen LogP contribution in [0.1, 0.15) is 24.2 Å². The number of nitrogens with two attached hydrogens (primary N) is 1. The van der Waals surface area contributed by atoms with Gasteiger partial charge in [0.25, 0.3) is 5.91 Å². The number of amides is 1. The van der Waals surface area contributed by atoms with E-state index in [4.69, 9.17) is 10.5 Å². The average molecular weight is 352 g/mol. The van der Waals surface area contributed by atoms with Crippen molar-refractivity contribution in [3.63, 3.8) is 0 Å². The highest BCUT2D eigenvalue weighted by Gasteiger charge is 2.04. The van der Waals surface area contributed by atoms with Crippen LogP contribution in [-0.4, -0.2) is 50.2 Å². The van der Waals surface area contributed by atoms with Crippen molar-refractivity contribution in [3.8, 4) is 0 Å². The zero-order valence-electron chi connectivity index (χ0n) is 13.2. The van der Waals surface area contributed by atoms with E-state index in [0.717, 1.165) is 19.6 Å². The van der Waals surface area contributed by atoms with Gasteiger partial charge < -0.3 is 20.7 Å². The maximum Gasteiger partial charge on any atom is 0.251 e. The Bertz CT molecular complexity index is 398. The number of anilines is 1. The Hall–Kier alpha value is -1.01. The number of ether oxygens (including phenoxy) is 1. The number of hydrogen-bond donors (Lipinski definition) is 2. The quantitative estimate of drug-likeness (QED) is 0.528. The number of halogens is 2. The highest BCUT2D eigenvalue weighted by atomic mass is 35.5. The van der Waals surface area contributed by atoms with Crippen LogP contribution in [0.3, 0.4) is 0 Å². The maximum atomic E-state index is 11.8. The summed E-state index contributed by atoms with van der Waals surface area (Å²) in [6, 6.07) is 6.86. The number of carbonyl (C=O) groups is 1. The second kappa shape index (κ2) is 13.6. The summed E-state index contributed by atoms with van der Waals surface area (Å²) in [6.07, 6.45) is 0. The first-order valence-corrected chi connectivity index (χ1v) is 7.11. The highest BCUT2D eigenvalue weighted by Crippen LogP contribution is 2.04. The zero-order chi connectivity index (χ0) is 14.8. The first kappa shape index (κ1) is 23.3. The molecule has 0 bridgehead atoms. The summed E-state index contributed by atoms with van der Waals surface area (Å²) in [4.78, 5) is 14.1. The molecule has 3 N–H and O–H groups in total. The minimum Gasteiger partial charge on any atom is -0.399 e. The van der Waals surface area contributed by atoms with E-state index in [1.165, 1.54) is 0 Å². The summed E-state index contributed by atoms with van der Waals surface area (Å²) in [5, 5.41) is 2.82. The zero-order valence-corrected chi connectivity index (χ0v) is 14.8. The van der Waals surface area contributed by atoms with Crippen LogP contribution in [0.5, 0.6) is 0 Å². The Kier molecular flexibility index (Phi) is 14.4. The summed E-state index contributed by atoms with van der Waals surface area (Å²) in [6.45, 7) is 9.01. The molecule has 0 radical (unpaired) electrons. The SMILES string of the molecule is CCN(CC)CCOCCNC(=O)c1ccc(N)cc1.Cl.Cl. The number of rotatable bonds is 9. The summed E-state index contributed by atoms with van der Waals surface area (Å²) in [5.74, 6) is -0.0997. The van der Waals surface area contributed by atoms with E-state index >= 15 is 0 Å². The van der Waals surface area contributed by atoms with Crippen LogP contribution >= 0.6 is 24.8 Å². The first-order chi connectivity index (χ1) is 9.67. The lowest BCUT2D eigenvalue weighted by molar-refractivity contribution is 0.0884. The monoisotopic (exact) mass is 351 g/mol. The predicted molar refractivity (Wildman–Crippen MR) is 96.3 cm³/mol. The lowest BCUT2D eigenvalue weighted by Gasteiger charge is -2.17. The predicted octanol–water partition coefficient (Wildman–Crippen LogP) is 2.20. The van der Waals surface area contributed by atoms with Crippen molar-refractivity contribution in [3.05, 3.63) is 29.8 Å². The molecular formula is C15H27Cl2N3O2. The molecule has 7 heteroatoms. The largest absolute Gasteiger partial charge is 0.399 e. The van der Waals surface area contributed by atoms with Gasteiger partial charge >= 0.3 is 0 Å². The molecule has 0 saturated carbocycles. The fourth-order valence-electron chi connectivity index (χ4n) is 1.81. The van der Waals surface area contributed by atoms with Gasteiger partial charge in [-0.15, -0.1) is 24.8 Å². The number of benzene rings is 1. The van der Waals surface area contributed by atoms with E-state index in [1.807, 2.05) is 0 Å². The van der Waals surface area contributed by atoms with E-state index < -0.39 is 0 Å². The Morgan fingerprint density at radius 3 is 2.27 bits per heavy atom. The fraction of sp³-hybridized carbons (Fsp3) is 0.533.